The Morgan fingerprint density at radius 3 is 2.79 bits per heavy atom. The van der Waals surface area contributed by atoms with Crippen molar-refractivity contribution < 1.29 is 18.7 Å². The van der Waals surface area contributed by atoms with Crippen LogP contribution in [0, 0.1) is 0 Å². The van der Waals surface area contributed by atoms with Crippen LogP contribution in [-0.4, -0.2) is 29.0 Å². The number of hydrogen-bond donors (Lipinski definition) is 2. The third-order valence-electron chi connectivity index (χ3n) is 3.91. The number of halogens is 2. The zero-order chi connectivity index (χ0) is 21.0. The molecule has 10 heteroatoms. The molecule has 3 rings (SSSR count). The van der Waals surface area contributed by atoms with Crippen LogP contribution in [0.3, 0.4) is 0 Å². The number of pyridine rings is 1. The van der Waals surface area contributed by atoms with Gasteiger partial charge in [-0.15, -0.1) is 0 Å². The normalized spacial score (nSPS) is 10.6. The Labute approximate surface area is 174 Å². The average Bonchev–Trinajstić information content (AvgIpc) is 3.16. The minimum atomic E-state index is -0.634. The van der Waals surface area contributed by atoms with Crippen LogP contribution in [0.15, 0.2) is 45.9 Å². The maximum Gasteiger partial charge on any atom is 0.339 e. The van der Waals surface area contributed by atoms with E-state index in [-0.39, 0.29) is 24.1 Å². The second-order valence-corrected chi connectivity index (χ2v) is 6.76. The van der Waals surface area contributed by atoms with Gasteiger partial charge in [0.25, 0.3) is 5.56 Å². The summed E-state index contributed by atoms with van der Waals surface area (Å²) in [7, 11) is 1.22. The fourth-order valence-electron chi connectivity index (χ4n) is 2.49. The molecule has 0 spiro atoms. The van der Waals surface area contributed by atoms with Gasteiger partial charge < -0.3 is 19.5 Å². The molecule has 2 heterocycles. The summed E-state index contributed by atoms with van der Waals surface area (Å²) >= 11 is 12.0. The van der Waals surface area contributed by atoms with Crippen molar-refractivity contribution in [3.05, 3.63) is 68.5 Å². The lowest BCUT2D eigenvalue weighted by Gasteiger charge is -2.05. The maximum absolute atomic E-state index is 12.2. The highest BCUT2D eigenvalue weighted by Crippen LogP contribution is 2.30. The first kappa shape index (κ1) is 20.6. The number of nitrogens with zero attached hydrogens (tertiary/aromatic N) is 1. The number of aromatic amines is 1. The molecule has 0 saturated carbocycles. The molecule has 8 nitrogen and oxygen atoms in total. The third kappa shape index (κ3) is 5.04. The lowest BCUT2D eigenvalue weighted by atomic mass is 10.2. The predicted molar refractivity (Wildman–Crippen MR) is 107 cm³/mol. The molecule has 1 aromatic carbocycles. The topological polar surface area (TPSA) is 114 Å². The number of aromatic nitrogens is 2. The number of carbonyl (C=O) groups is 2. The van der Waals surface area contributed by atoms with E-state index in [4.69, 9.17) is 27.6 Å². The van der Waals surface area contributed by atoms with Gasteiger partial charge in [0.1, 0.15) is 5.69 Å². The van der Waals surface area contributed by atoms with Crippen molar-refractivity contribution in [3.63, 3.8) is 0 Å². The highest BCUT2D eigenvalue weighted by molar-refractivity contribution is 6.36. The van der Waals surface area contributed by atoms with Gasteiger partial charge in [0.05, 0.1) is 23.9 Å². The zero-order valence-electron chi connectivity index (χ0n) is 15.1. The van der Waals surface area contributed by atoms with Crippen LogP contribution in [0.5, 0.6) is 0 Å². The summed E-state index contributed by atoms with van der Waals surface area (Å²) in [6.45, 7) is 0. The number of hydrogen-bond acceptors (Lipinski definition) is 6. The van der Waals surface area contributed by atoms with Gasteiger partial charge in [0.15, 0.2) is 11.7 Å². The van der Waals surface area contributed by atoms with Crippen molar-refractivity contribution in [1.82, 2.24) is 9.97 Å². The first-order chi connectivity index (χ1) is 13.9. The summed E-state index contributed by atoms with van der Waals surface area (Å²) in [5, 5.41) is 3.38. The number of anilines is 1. The number of H-pyrrole nitrogens is 1. The summed E-state index contributed by atoms with van der Waals surface area (Å²) in [4.78, 5) is 42.0. The SMILES string of the molecule is COC(=O)c1c[nH]c(=O)c(NC(=O)CCc2ncc(-c3ccc(Cl)cc3Cl)o2)c1. The molecule has 0 saturated heterocycles. The lowest BCUT2D eigenvalue weighted by molar-refractivity contribution is -0.116. The van der Waals surface area contributed by atoms with Crippen LogP contribution in [-0.2, 0) is 16.0 Å². The smallest absolute Gasteiger partial charge is 0.339 e. The lowest BCUT2D eigenvalue weighted by Crippen LogP contribution is -2.21. The van der Waals surface area contributed by atoms with Gasteiger partial charge in [0.2, 0.25) is 5.91 Å². The minimum Gasteiger partial charge on any atom is -0.465 e. The van der Waals surface area contributed by atoms with E-state index in [2.05, 4.69) is 20.0 Å². The molecule has 0 atom stereocenters. The second-order valence-electron chi connectivity index (χ2n) is 5.91. The van der Waals surface area contributed by atoms with E-state index in [1.165, 1.54) is 25.6 Å². The predicted octanol–water partition coefficient (Wildman–Crippen LogP) is 3.69. The minimum absolute atomic E-state index is 0.0101. The van der Waals surface area contributed by atoms with Crippen molar-refractivity contribution in [2.45, 2.75) is 12.8 Å². The fraction of sp³-hybridized carbons (Fsp3) is 0.158. The molecule has 1 amide bonds. The van der Waals surface area contributed by atoms with E-state index in [1.807, 2.05) is 0 Å². The highest BCUT2D eigenvalue weighted by Gasteiger charge is 2.14. The van der Waals surface area contributed by atoms with E-state index in [9.17, 15) is 14.4 Å². The van der Waals surface area contributed by atoms with Crippen LogP contribution >= 0.6 is 23.2 Å². The van der Waals surface area contributed by atoms with Crippen LogP contribution in [0.1, 0.15) is 22.7 Å². The Balaban J connectivity index is 1.64. The molecule has 0 aliphatic heterocycles. The Morgan fingerprint density at radius 2 is 2.07 bits per heavy atom. The van der Waals surface area contributed by atoms with Crippen LogP contribution < -0.4 is 10.9 Å². The fourth-order valence-corrected chi connectivity index (χ4v) is 2.99. The number of benzene rings is 1. The van der Waals surface area contributed by atoms with Gasteiger partial charge in [-0.2, -0.15) is 0 Å². The quantitative estimate of drug-likeness (QED) is 0.570. The highest BCUT2D eigenvalue weighted by atomic mass is 35.5. The number of ether oxygens (including phenoxy) is 1. The first-order valence-corrected chi connectivity index (χ1v) is 9.14. The molecule has 3 aromatic rings. The van der Waals surface area contributed by atoms with Crippen molar-refractivity contribution in [2.24, 2.45) is 0 Å². The van der Waals surface area contributed by atoms with E-state index < -0.39 is 17.4 Å². The number of aryl methyl sites for hydroxylation is 1. The van der Waals surface area contributed by atoms with Gasteiger partial charge >= 0.3 is 5.97 Å². The Hall–Kier alpha value is -3.10. The average molecular weight is 436 g/mol. The summed E-state index contributed by atoms with van der Waals surface area (Å²) in [5.74, 6) is -0.297. The van der Waals surface area contributed by atoms with Gasteiger partial charge in [-0.05, 0) is 24.3 Å². The molecule has 0 unspecified atom stereocenters. The third-order valence-corrected chi connectivity index (χ3v) is 4.46. The molecular formula is C19H15Cl2N3O5. The van der Waals surface area contributed by atoms with Crippen molar-refractivity contribution in [2.75, 3.05) is 12.4 Å². The molecule has 0 aliphatic carbocycles. The van der Waals surface area contributed by atoms with Crippen molar-refractivity contribution in [1.29, 1.82) is 0 Å². The second kappa shape index (κ2) is 8.93. The number of amides is 1. The van der Waals surface area contributed by atoms with Gasteiger partial charge in [-0.25, -0.2) is 9.78 Å². The molecule has 150 valence electrons. The number of methoxy groups -OCH3 is 1. The molecule has 0 radical (unpaired) electrons. The van der Waals surface area contributed by atoms with E-state index in [1.54, 1.807) is 18.2 Å². The number of esters is 1. The molecule has 2 N–H and O–H groups in total. The maximum atomic E-state index is 12.2. The van der Waals surface area contributed by atoms with Crippen molar-refractivity contribution in [3.8, 4) is 11.3 Å². The van der Waals surface area contributed by atoms with Gasteiger partial charge in [-0.3, -0.25) is 9.59 Å². The molecule has 29 heavy (non-hydrogen) atoms. The Bertz CT molecular complexity index is 1120. The molecule has 0 fully saturated rings. The summed E-state index contributed by atoms with van der Waals surface area (Å²) in [6.07, 6.45) is 2.93. The van der Waals surface area contributed by atoms with Crippen molar-refractivity contribution >= 4 is 40.8 Å². The standard InChI is InChI=1S/C19H15Cl2N3O5/c1-28-19(27)10-6-14(18(26)23-8-10)24-16(25)4-5-17-22-9-15(29-17)12-3-2-11(20)7-13(12)21/h2-3,6-9H,4-5H2,1H3,(H,23,26)(H,24,25). The molecular weight excluding hydrogens is 421 g/mol. The molecule has 2 aromatic heterocycles. The number of nitrogens with one attached hydrogen (secondary N) is 2. The van der Waals surface area contributed by atoms with Crippen LogP contribution in [0.2, 0.25) is 10.0 Å². The Kier molecular flexibility index (Phi) is 6.36. The Morgan fingerprint density at radius 1 is 1.28 bits per heavy atom. The van der Waals surface area contributed by atoms with E-state index in [0.29, 0.717) is 27.3 Å². The summed E-state index contributed by atoms with van der Waals surface area (Å²) < 4.78 is 10.2. The van der Waals surface area contributed by atoms with Crippen LogP contribution in [0.25, 0.3) is 11.3 Å². The molecule has 0 aliphatic rings. The van der Waals surface area contributed by atoms with E-state index >= 15 is 0 Å². The number of rotatable bonds is 6. The molecule has 0 bridgehead atoms. The number of oxazole rings is 1. The largest absolute Gasteiger partial charge is 0.465 e. The van der Waals surface area contributed by atoms with Gasteiger partial charge in [-0.1, -0.05) is 23.2 Å². The summed E-state index contributed by atoms with van der Waals surface area (Å²) in [5.41, 5.74) is 0.144. The first-order valence-electron chi connectivity index (χ1n) is 8.38. The van der Waals surface area contributed by atoms with Gasteiger partial charge in [0, 0.05) is 29.6 Å². The monoisotopic (exact) mass is 435 g/mol. The number of carbonyl (C=O) groups excluding carboxylic acids is 2. The zero-order valence-corrected chi connectivity index (χ0v) is 16.6. The van der Waals surface area contributed by atoms with Crippen LogP contribution in [0.4, 0.5) is 5.69 Å². The summed E-state index contributed by atoms with van der Waals surface area (Å²) in [6, 6.07) is 6.23. The van der Waals surface area contributed by atoms with E-state index in [0.717, 1.165) is 0 Å².